The van der Waals surface area contributed by atoms with Crippen molar-refractivity contribution >= 4 is 16.8 Å². The molecule has 0 unspecified atom stereocenters. The molecule has 1 aromatic heterocycles. The highest BCUT2D eigenvalue weighted by Gasteiger charge is 2.06. The predicted octanol–water partition coefficient (Wildman–Crippen LogP) is 2.28. The van der Waals surface area contributed by atoms with Gasteiger partial charge in [0.1, 0.15) is 0 Å². The third-order valence-corrected chi connectivity index (χ3v) is 2.87. The van der Waals surface area contributed by atoms with Crippen LogP contribution in [0, 0.1) is 6.92 Å². The van der Waals surface area contributed by atoms with Crippen LogP contribution in [0.1, 0.15) is 24.0 Å². The summed E-state index contributed by atoms with van der Waals surface area (Å²) in [5, 5.41) is 1.28. The first-order valence-corrected chi connectivity index (χ1v) is 5.52. The van der Waals surface area contributed by atoms with Crippen LogP contribution in [0.3, 0.4) is 0 Å². The summed E-state index contributed by atoms with van der Waals surface area (Å²) in [6.07, 6.45) is 4.20. The van der Waals surface area contributed by atoms with Gasteiger partial charge < -0.3 is 10.7 Å². The lowest BCUT2D eigenvalue weighted by Crippen LogP contribution is -2.10. The third-order valence-electron chi connectivity index (χ3n) is 2.87. The molecule has 0 atom stereocenters. The van der Waals surface area contributed by atoms with Gasteiger partial charge in [0.15, 0.2) is 0 Å². The molecule has 2 rings (SSSR count). The summed E-state index contributed by atoms with van der Waals surface area (Å²) in [6, 6.07) is 6.22. The Morgan fingerprint density at radius 1 is 1.44 bits per heavy atom. The summed E-state index contributed by atoms with van der Waals surface area (Å²) in [5.41, 5.74) is 8.83. The van der Waals surface area contributed by atoms with E-state index in [9.17, 15) is 4.79 Å². The number of aromatic amines is 1. The fourth-order valence-electron chi connectivity index (χ4n) is 2.10. The number of carbonyl (C=O) groups excluding carboxylic acids is 1. The fraction of sp³-hybridized carbons (Fsp3) is 0.308. The molecule has 0 spiro atoms. The van der Waals surface area contributed by atoms with Gasteiger partial charge in [0.2, 0.25) is 5.91 Å². The molecule has 3 N–H and O–H groups in total. The van der Waals surface area contributed by atoms with Crippen molar-refractivity contribution in [3.05, 3.63) is 35.5 Å². The number of fused-ring (bicyclic) bond motifs is 1. The first kappa shape index (κ1) is 10.7. The van der Waals surface area contributed by atoms with Crippen LogP contribution in [0.2, 0.25) is 0 Å². The van der Waals surface area contributed by atoms with E-state index in [2.05, 4.69) is 24.0 Å². The minimum Gasteiger partial charge on any atom is -0.370 e. The maximum absolute atomic E-state index is 10.7. The van der Waals surface area contributed by atoms with Gasteiger partial charge in [-0.3, -0.25) is 4.79 Å². The van der Waals surface area contributed by atoms with Gasteiger partial charge in [0.05, 0.1) is 0 Å². The van der Waals surface area contributed by atoms with Crippen LogP contribution in [0.25, 0.3) is 10.9 Å². The molecule has 0 aliphatic heterocycles. The van der Waals surface area contributed by atoms with E-state index in [1.165, 1.54) is 16.5 Å². The lowest BCUT2D eigenvalue weighted by molar-refractivity contribution is -0.118. The Bertz CT molecular complexity index is 514. The molecule has 0 radical (unpaired) electrons. The molecule has 3 heteroatoms. The molecule has 0 aliphatic rings. The molecule has 0 saturated heterocycles. The van der Waals surface area contributed by atoms with Crippen molar-refractivity contribution in [2.45, 2.75) is 26.2 Å². The second-order valence-electron chi connectivity index (χ2n) is 4.13. The molecule has 0 saturated carbocycles. The number of nitrogens with two attached hydrogens (primary N) is 1. The highest BCUT2D eigenvalue weighted by Crippen LogP contribution is 2.23. The van der Waals surface area contributed by atoms with E-state index in [-0.39, 0.29) is 5.91 Å². The van der Waals surface area contributed by atoms with Gasteiger partial charge in [-0.05, 0) is 37.0 Å². The normalized spacial score (nSPS) is 10.8. The molecule has 1 amide bonds. The van der Waals surface area contributed by atoms with Crippen molar-refractivity contribution in [1.29, 1.82) is 0 Å². The quantitative estimate of drug-likeness (QED) is 0.809. The van der Waals surface area contributed by atoms with Crippen LogP contribution in [-0.2, 0) is 11.2 Å². The molecule has 3 nitrogen and oxygen atoms in total. The minimum absolute atomic E-state index is 0.225. The SMILES string of the molecule is Cc1cccc2[nH]cc(CCCC(N)=O)c12. The van der Waals surface area contributed by atoms with Crippen molar-refractivity contribution in [2.75, 3.05) is 0 Å². The summed E-state index contributed by atoms with van der Waals surface area (Å²) in [5.74, 6) is -0.225. The van der Waals surface area contributed by atoms with E-state index in [0.29, 0.717) is 6.42 Å². The smallest absolute Gasteiger partial charge is 0.217 e. The standard InChI is InChI=1S/C13H16N2O/c1-9-4-2-6-11-13(9)10(8-15-11)5-3-7-12(14)16/h2,4,6,8,15H,3,5,7H2,1H3,(H2,14,16). The Morgan fingerprint density at radius 2 is 2.25 bits per heavy atom. The number of aryl methyl sites for hydroxylation is 2. The largest absolute Gasteiger partial charge is 0.370 e. The van der Waals surface area contributed by atoms with Crippen molar-refractivity contribution < 1.29 is 4.79 Å². The summed E-state index contributed by atoms with van der Waals surface area (Å²) in [7, 11) is 0. The molecule has 1 aromatic carbocycles. The molecule has 0 fully saturated rings. The zero-order chi connectivity index (χ0) is 11.5. The number of benzene rings is 1. The van der Waals surface area contributed by atoms with Crippen LogP contribution in [0.5, 0.6) is 0 Å². The van der Waals surface area contributed by atoms with Crippen molar-refractivity contribution in [3.63, 3.8) is 0 Å². The maximum Gasteiger partial charge on any atom is 0.217 e. The van der Waals surface area contributed by atoms with Gasteiger partial charge in [-0.2, -0.15) is 0 Å². The molecule has 0 bridgehead atoms. The van der Waals surface area contributed by atoms with E-state index < -0.39 is 0 Å². The Kier molecular flexibility index (Phi) is 2.95. The average molecular weight is 216 g/mol. The monoisotopic (exact) mass is 216 g/mol. The Balaban J connectivity index is 2.21. The van der Waals surface area contributed by atoms with Crippen LogP contribution in [-0.4, -0.2) is 10.9 Å². The predicted molar refractivity (Wildman–Crippen MR) is 65.2 cm³/mol. The van der Waals surface area contributed by atoms with Crippen LogP contribution < -0.4 is 5.73 Å². The minimum atomic E-state index is -0.225. The Labute approximate surface area is 94.6 Å². The number of nitrogens with one attached hydrogen (secondary N) is 1. The zero-order valence-corrected chi connectivity index (χ0v) is 9.42. The number of primary amides is 1. The van der Waals surface area contributed by atoms with Crippen LogP contribution in [0.15, 0.2) is 24.4 Å². The highest BCUT2D eigenvalue weighted by atomic mass is 16.1. The highest BCUT2D eigenvalue weighted by molar-refractivity contribution is 5.86. The number of aromatic nitrogens is 1. The molecule has 1 heterocycles. The van der Waals surface area contributed by atoms with Gasteiger partial charge in [-0.15, -0.1) is 0 Å². The van der Waals surface area contributed by atoms with Gasteiger partial charge in [-0.25, -0.2) is 0 Å². The number of rotatable bonds is 4. The van der Waals surface area contributed by atoms with Gasteiger partial charge in [-0.1, -0.05) is 12.1 Å². The molecular formula is C13H16N2O. The van der Waals surface area contributed by atoms with Crippen molar-refractivity contribution in [2.24, 2.45) is 5.73 Å². The average Bonchev–Trinajstić information content (AvgIpc) is 2.62. The van der Waals surface area contributed by atoms with Crippen molar-refractivity contribution in [3.8, 4) is 0 Å². The fourth-order valence-corrected chi connectivity index (χ4v) is 2.10. The van der Waals surface area contributed by atoms with Gasteiger partial charge in [0, 0.05) is 23.5 Å². The summed E-state index contributed by atoms with van der Waals surface area (Å²) < 4.78 is 0. The lowest BCUT2D eigenvalue weighted by Gasteiger charge is -2.01. The molecule has 0 aliphatic carbocycles. The first-order chi connectivity index (χ1) is 7.68. The molecule has 84 valence electrons. The van der Waals surface area contributed by atoms with E-state index in [1.54, 1.807) is 0 Å². The number of amides is 1. The number of hydrogen-bond acceptors (Lipinski definition) is 1. The molecular weight excluding hydrogens is 200 g/mol. The first-order valence-electron chi connectivity index (χ1n) is 5.52. The molecule has 16 heavy (non-hydrogen) atoms. The van der Waals surface area contributed by atoms with Gasteiger partial charge >= 0.3 is 0 Å². The summed E-state index contributed by atoms with van der Waals surface area (Å²) in [6.45, 7) is 2.10. The van der Waals surface area contributed by atoms with Gasteiger partial charge in [0.25, 0.3) is 0 Å². The van der Waals surface area contributed by atoms with E-state index in [0.717, 1.165) is 18.4 Å². The second kappa shape index (κ2) is 4.39. The van der Waals surface area contributed by atoms with Crippen LogP contribution >= 0.6 is 0 Å². The summed E-state index contributed by atoms with van der Waals surface area (Å²) >= 11 is 0. The van der Waals surface area contributed by atoms with Crippen LogP contribution in [0.4, 0.5) is 0 Å². The van der Waals surface area contributed by atoms with E-state index >= 15 is 0 Å². The number of hydrogen-bond donors (Lipinski definition) is 2. The number of H-pyrrole nitrogens is 1. The Morgan fingerprint density at radius 3 is 3.00 bits per heavy atom. The Hall–Kier alpha value is -1.77. The third kappa shape index (κ3) is 2.08. The maximum atomic E-state index is 10.7. The zero-order valence-electron chi connectivity index (χ0n) is 9.42. The summed E-state index contributed by atoms with van der Waals surface area (Å²) in [4.78, 5) is 13.9. The second-order valence-corrected chi connectivity index (χ2v) is 4.13. The van der Waals surface area contributed by atoms with Crippen molar-refractivity contribution in [1.82, 2.24) is 4.98 Å². The van der Waals surface area contributed by atoms with E-state index in [1.807, 2.05) is 12.3 Å². The topological polar surface area (TPSA) is 58.9 Å². The van der Waals surface area contributed by atoms with E-state index in [4.69, 9.17) is 5.73 Å². The number of carbonyl (C=O) groups is 1. The lowest BCUT2D eigenvalue weighted by atomic mass is 10.0. The molecule has 2 aromatic rings.